The summed E-state index contributed by atoms with van der Waals surface area (Å²) in [5.74, 6) is 2.06. The monoisotopic (exact) mass is 344 g/mol. The van der Waals surface area contributed by atoms with Crippen LogP contribution in [0.4, 0.5) is 5.95 Å². The Bertz CT molecular complexity index is 665. The van der Waals surface area contributed by atoms with Crippen molar-refractivity contribution in [2.45, 2.75) is 44.2 Å². The Labute approximate surface area is 147 Å². The second-order valence-corrected chi connectivity index (χ2v) is 7.22. The molecular formula is C18H24N4OS. The SMILES string of the molecule is CC(=O)CCCSc1nnc(N2CCCCC2)n1-c1ccccc1. The topological polar surface area (TPSA) is 51.0 Å². The molecule has 1 saturated heterocycles. The number of thioether (sulfide) groups is 1. The van der Waals surface area contributed by atoms with Crippen LogP contribution in [-0.2, 0) is 4.79 Å². The lowest BCUT2D eigenvalue weighted by Gasteiger charge is -2.27. The number of piperidine rings is 1. The van der Waals surface area contributed by atoms with Crippen LogP contribution < -0.4 is 4.90 Å². The van der Waals surface area contributed by atoms with E-state index in [4.69, 9.17) is 0 Å². The number of carbonyl (C=O) groups excluding carboxylic acids is 1. The standard InChI is InChI=1S/C18H24N4OS/c1-15(23)9-8-14-24-18-20-19-17(21-12-6-3-7-13-21)22(18)16-10-4-2-5-11-16/h2,4-5,10-11H,3,6-9,12-14H2,1H3. The Kier molecular flexibility index (Phi) is 5.91. The molecule has 24 heavy (non-hydrogen) atoms. The number of carbonyl (C=O) groups is 1. The summed E-state index contributed by atoms with van der Waals surface area (Å²) in [5.41, 5.74) is 1.09. The fourth-order valence-electron chi connectivity index (χ4n) is 2.94. The van der Waals surface area contributed by atoms with Crippen molar-refractivity contribution in [3.05, 3.63) is 30.3 Å². The zero-order valence-electron chi connectivity index (χ0n) is 14.1. The molecule has 1 aromatic carbocycles. The van der Waals surface area contributed by atoms with Gasteiger partial charge in [0, 0.05) is 25.3 Å². The van der Waals surface area contributed by atoms with Gasteiger partial charge in [-0.05, 0) is 44.7 Å². The predicted molar refractivity (Wildman–Crippen MR) is 98.1 cm³/mol. The van der Waals surface area contributed by atoms with E-state index in [1.165, 1.54) is 19.3 Å². The Morgan fingerprint density at radius 3 is 2.58 bits per heavy atom. The molecule has 3 rings (SSSR count). The number of hydrogen-bond acceptors (Lipinski definition) is 5. The summed E-state index contributed by atoms with van der Waals surface area (Å²) in [6, 6.07) is 10.3. The van der Waals surface area contributed by atoms with E-state index in [0.717, 1.165) is 42.1 Å². The minimum Gasteiger partial charge on any atom is -0.341 e. The van der Waals surface area contributed by atoms with E-state index in [0.29, 0.717) is 6.42 Å². The van der Waals surface area contributed by atoms with Crippen LogP contribution in [0.25, 0.3) is 5.69 Å². The van der Waals surface area contributed by atoms with Crippen molar-refractivity contribution in [1.29, 1.82) is 0 Å². The first-order valence-electron chi connectivity index (χ1n) is 8.64. The molecule has 1 aliphatic heterocycles. The molecular weight excluding hydrogens is 320 g/mol. The highest BCUT2D eigenvalue weighted by Gasteiger charge is 2.21. The van der Waals surface area contributed by atoms with Crippen molar-refractivity contribution < 1.29 is 4.79 Å². The molecule has 0 amide bonds. The van der Waals surface area contributed by atoms with Gasteiger partial charge in [0.15, 0.2) is 5.16 Å². The molecule has 0 N–H and O–H groups in total. The third-order valence-electron chi connectivity index (χ3n) is 4.17. The van der Waals surface area contributed by atoms with Gasteiger partial charge < -0.3 is 9.69 Å². The normalized spacial score (nSPS) is 14.8. The van der Waals surface area contributed by atoms with E-state index in [1.807, 2.05) is 18.2 Å². The molecule has 0 unspecified atom stereocenters. The van der Waals surface area contributed by atoms with Crippen molar-refractivity contribution >= 4 is 23.5 Å². The van der Waals surface area contributed by atoms with Crippen LogP contribution in [0, 0.1) is 0 Å². The van der Waals surface area contributed by atoms with Crippen molar-refractivity contribution in [2.75, 3.05) is 23.7 Å². The van der Waals surface area contributed by atoms with Crippen molar-refractivity contribution in [2.24, 2.45) is 0 Å². The lowest BCUT2D eigenvalue weighted by molar-refractivity contribution is -0.117. The van der Waals surface area contributed by atoms with Gasteiger partial charge in [0.1, 0.15) is 5.78 Å². The molecule has 1 fully saturated rings. The van der Waals surface area contributed by atoms with Crippen LogP contribution in [-0.4, -0.2) is 39.4 Å². The summed E-state index contributed by atoms with van der Waals surface area (Å²) in [7, 11) is 0. The summed E-state index contributed by atoms with van der Waals surface area (Å²) in [4.78, 5) is 13.4. The lowest BCUT2D eigenvalue weighted by atomic mass is 10.1. The highest BCUT2D eigenvalue weighted by Crippen LogP contribution is 2.28. The molecule has 0 aliphatic carbocycles. The molecule has 1 aromatic heterocycles. The van der Waals surface area contributed by atoms with Crippen molar-refractivity contribution in [3.63, 3.8) is 0 Å². The number of Topliss-reactive ketones (excluding diaryl/α,β-unsaturated/α-hetero) is 1. The maximum Gasteiger partial charge on any atom is 0.232 e. The van der Waals surface area contributed by atoms with E-state index in [1.54, 1.807) is 18.7 Å². The Hall–Kier alpha value is -1.82. The average molecular weight is 344 g/mol. The summed E-state index contributed by atoms with van der Waals surface area (Å²) in [5, 5.41) is 9.82. The zero-order valence-corrected chi connectivity index (χ0v) is 15.0. The first-order valence-corrected chi connectivity index (χ1v) is 9.62. The van der Waals surface area contributed by atoms with Crippen LogP contribution in [0.15, 0.2) is 35.5 Å². The Balaban J connectivity index is 1.82. The van der Waals surface area contributed by atoms with E-state index in [2.05, 4.69) is 31.8 Å². The van der Waals surface area contributed by atoms with Crippen LogP contribution >= 0.6 is 11.8 Å². The molecule has 0 bridgehead atoms. The molecule has 5 nitrogen and oxygen atoms in total. The number of hydrogen-bond donors (Lipinski definition) is 0. The highest BCUT2D eigenvalue weighted by atomic mass is 32.2. The van der Waals surface area contributed by atoms with E-state index < -0.39 is 0 Å². The molecule has 0 radical (unpaired) electrons. The third kappa shape index (κ3) is 4.17. The van der Waals surface area contributed by atoms with Gasteiger partial charge in [-0.25, -0.2) is 0 Å². The maximum absolute atomic E-state index is 11.1. The van der Waals surface area contributed by atoms with Gasteiger partial charge in [-0.3, -0.25) is 4.57 Å². The summed E-state index contributed by atoms with van der Waals surface area (Å²) >= 11 is 1.68. The van der Waals surface area contributed by atoms with Gasteiger partial charge in [-0.15, -0.1) is 10.2 Å². The van der Waals surface area contributed by atoms with Crippen LogP contribution in [0.2, 0.25) is 0 Å². The van der Waals surface area contributed by atoms with Gasteiger partial charge in [0.2, 0.25) is 5.95 Å². The number of para-hydroxylation sites is 1. The number of ketones is 1. The maximum atomic E-state index is 11.1. The number of anilines is 1. The number of nitrogens with zero attached hydrogens (tertiary/aromatic N) is 4. The molecule has 0 saturated carbocycles. The number of aromatic nitrogens is 3. The first-order chi connectivity index (χ1) is 11.8. The van der Waals surface area contributed by atoms with E-state index in [9.17, 15) is 4.79 Å². The van der Waals surface area contributed by atoms with Gasteiger partial charge in [-0.1, -0.05) is 30.0 Å². The predicted octanol–water partition coefficient (Wildman–Crippen LogP) is 3.72. The second-order valence-electron chi connectivity index (χ2n) is 6.16. The van der Waals surface area contributed by atoms with Gasteiger partial charge in [-0.2, -0.15) is 0 Å². The minimum atomic E-state index is 0.245. The van der Waals surface area contributed by atoms with Gasteiger partial charge >= 0.3 is 0 Å². The van der Waals surface area contributed by atoms with Gasteiger partial charge in [0.25, 0.3) is 0 Å². The van der Waals surface area contributed by atoms with E-state index >= 15 is 0 Å². The van der Waals surface area contributed by atoms with Crippen LogP contribution in [0.5, 0.6) is 0 Å². The number of benzene rings is 1. The quantitative estimate of drug-likeness (QED) is 0.566. The van der Waals surface area contributed by atoms with E-state index in [-0.39, 0.29) is 5.78 Å². The molecule has 0 atom stereocenters. The highest BCUT2D eigenvalue weighted by molar-refractivity contribution is 7.99. The zero-order chi connectivity index (χ0) is 16.8. The fraction of sp³-hybridized carbons (Fsp3) is 0.500. The smallest absolute Gasteiger partial charge is 0.232 e. The summed E-state index contributed by atoms with van der Waals surface area (Å²) in [6.07, 6.45) is 5.22. The average Bonchev–Trinajstić information content (AvgIpc) is 3.04. The second kappa shape index (κ2) is 8.33. The largest absolute Gasteiger partial charge is 0.341 e. The van der Waals surface area contributed by atoms with Gasteiger partial charge in [0.05, 0.1) is 5.69 Å². The van der Waals surface area contributed by atoms with Crippen molar-refractivity contribution in [1.82, 2.24) is 14.8 Å². The molecule has 1 aliphatic rings. The Morgan fingerprint density at radius 1 is 1.12 bits per heavy atom. The number of rotatable bonds is 7. The fourth-order valence-corrected chi connectivity index (χ4v) is 3.83. The lowest BCUT2D eigenvalue weighted by Crippen LogP contribution is -2.31. The van der Waals surface area contributed by atoms with Crippen LogP contribution in [0.3, 0.4) is 0 Å². The molecule has 2 aromatic rings. The minimum absolute atomic E-state index is 0.245. The molecule has 0 spiro atoms. The molecule has 6 heteroatoms. The molecule has 128 valence electrons. The summed E-state index contributed by atoms with van der Waals surface area (Å²) in [6.45, 7) is 3.73. The van der Waals surface area contributed by atoms with Crippen molar-refractivity contribution in [3.8, 4) is 5.69 Å². The molecule has 2 heterocycles. The first kappa shape index (κ1) is 17.0. The summed E-state index contributed by atoms with van der Waals surface area (Å²) < 4.78 is 2.16. The Morgan fingerprint density at radius 2 is 1.88 bits per heavy atom. The van der Waals surface area contributed by atoms with Crippen LogP contribution in [0.1, 0.15) is 39.0 Å². The third-order valence-corrected chi connectivity index (χ3v) is 5.19.